The summed E-state index contributed by atoms with van der Waals surface area (Å²) in [5, 5.41) is 14.6. The van der Waals surface area contributed by atoms with Crippen LogP contribution in [0.4, 0.5) is 10.5 Å². The van der Waals surface area contributed by atoms with E-state index in [0.29, 0.717) is 23.1 Å². The molecule has 3 unspecified atom stereocenters. The predicted molar refractivity (Wildman–Crippen MR) is 81.3 cm³/mol. The average Bonchev–Trinajstić information content (AvgIpc) is 2.70. The molecule has 1 fully saturated rings. The first-order valence-electron chi connectivity index (χ1n) is 7.34. The number of nitrogens with one attached hydrogen (secondary N) is 2. The zero-order valence-corrected chi connectivity index (χ0v) is 12.4. The van der Waals surface area contributed by atoms with Gasteiger partial charge in [0.2, 0.25) is 0 Å². The van der Waals surface area contributed by atoms with Gasteiger partial charge in [-0.2, -0.15) is 0 Å². The lowest BCUT2D eigenvalue weighted by Gasteiger charge is -2.20. The summed E-state index contributed by atoms with van der Waals surface area (Å²) in [5.41, 5.74) is 1.29. The van der Waals surface area contributed by atoms with Gasteiger partial charge in [0.25, 0.3) is 0 Å². The summed E-state index contributed by atoms with van der Waals surface area (Å²) in [6.07, 6.45) is 2.10. The minimum Gasteiger partial charge on any atom is -0.481 e. The van der Waals surface area contributed by atoms with Gasteiger partial charge in [0, 0.05) is 11.7 Å². The molecule has 2 amide bonds. The van der Waals surface area contributed by atoms with Gasteiger partial charge in [0.1, 0.15) is 0 Å². The summed E-state index contributed by atoms with van der Waals surface area (Å²) < 4.78 is 0. The first-order valence-corrected chi connectivity index (χ1v) is 7.34. The van der Waals surface area contributed by atoms with E-state index in [-0.39, 0.29) is 18.5 Å². The van der Waals surface area contributed by atoms with Crippen molar-refractivity contribution in [1.29, 1.82) is 0 Å². The van der Waals surface area contributed by atoms with E-state index >= 15 is 0 Å². The highest BCUT2D eigenvalue weighted by Crippen LogP contribution is 2.31. The molecule has 3 atom stereocenters. The van der Waals surface area contributed by atoms with Crippen molar-refractivity contribution in [1.82, 2.24) is 5.32 Å². The van der Waals surface area contributed by atoms with Gasteiger partial charge in [-0.25, -0.2) is 4.79 Å². The highest BCUT2D eigenvalue weighted by atomic mass is 16.4. The first kappa shape index (κ1) is 15.4. The van der Waals surface area contributed by atoms with Crippen LogP contribution in [0.1, 0.15) is 32.3 Å². The third-order valence-corrected chi connectivity index (χ3v) is 4.32. The second kappa shape index (κ2) is 6.61. The van der Waals surface area contributed by atoms with Crippen molar-refractivity contribution >= 4 is 17.7 Å². The molecular weight excluding hydrogens is 268 g/mol. The first-order chi connectivity index (χ1) is 9.95. The summed E-state index contributed by atoms with van der Waals surface area (Å²) in [7, 11) is 0. The van der Waals surface area contributed by atoms with E-state index < -0.39 is 5.97 Å². The molecule has 0 saturated heterocycles. The minimum atomic E-state index is -0.884. The van der Waals surface area contributed by atoms with Crippen molar-refractivity contribution in [2.45, 2.75) is 39.2 Å². The minimum absolute atomic E-state index is 0.0473. The summed E-state index contributed by atoms with van der Waals surface area (Å²) in [4.78, 5) is 22.7. The summed E-state index contributed by atoms with van der Waals surface area (Å²) in [5.74, 6) is 0.230. The smallest absolute Gasteiger partial charge is 0.319 e. The van der Waals surface area contributed by atoms with Crippen LogP contribution in [-0.4, -0.2) is 23.1 Å². The molecule has 114 valence electrons. The van der Waals surface area contributed by atoms with Crippen LogP contribution in [0.15, 0.2) is 24.3 Å². The maximum Gasteiger partial charge on any atom is 0.319 e. The lowest BCUT2D eigenvalue weighted by Crippen LogP contribution is -2.40. The molecular formula is C16H22N2O3. The summed E-state index contributed by atoms with van der Waals surface area (Å²) >= 11 is 0. The standard InChI is InChI=1S/C16H22N2O3/c1-10-6-7-14(11(10)2)18-16(21)17-13-5-3-4-12(8-13)9-15(19)20/h3-5,8,10-11,14H,6-7,9H2,1-2H3,(H,19,20)(H2,17,18,21). The second-order valence-electron chi connectivity index (χ2n) is 5.89. The largest absolute Gasteiger partial charge is 0.481 e. The Morgan fingerprint density at radius 3 is 2.67 bits per heavy atom. The topological polar surface area (TPSA) is 78.4 Å². The van der Waals surface area contributed by atoms with E-state index in [0.717, 1.165) is 12.8 Å². The zero-order valence-electron chi connectivity index (χ0n) is 12.4. The van der Waals surface area contributed by atoms with E-state index in [9.17, 15) is 9.59 Å². The third-order valence-electron chi connectivity index (χ3n) is 4.32. The fourth-order valence-electron chi connectivity index (χ4n) is 2.84. The summed E-state index contributed by atoms with van der Waals surface area (Å²) in [6, 6.07) is 6.90. The Hall–Kier alpha value is -2.04. The molecule has 0 heterocycles. The van der Waals surface area contributed by atoms with Crippen LogP contribution >= 0.6 is 0 Å². The quantitative estimate of drug-likeness (QED) is 0.798. The molecule has 5 nitrogen and oxygen atoms in total. The Labute approximate surface area is 124 Å². The molecule has 21 heavy (non-hydrogen) atoms. The fourth-order valence-corrected chi connectivity index (χ4v) is 2.84. The summed E-state index contributed by atoms with van der Waals surface area (Å²) in [6.45, 7) is 4.37. The number of rotatable bonds is 4. The molecule has 2 rings (SSSR count). The van der Waals surface area contributed by atoms with Gasteiger partial charge in [0.05, 0.1) is 6.42 Å². The van der Waals surface area contributed by atoms with Gasteiger partial charge in [-0.1, -0.05) is 26.0 Å². The van der Waals surface area contributed by atoms with E-state index in [1.807, 2.05) is 0 Å². The van der Waals surface area contributed by atoms with Crippen LogP contribution in [0.5, 0.6) is 0 Å². The van der Waals surface area contributed by atoms with Crippen molar-refractivity contribution in [3.05, 3.63) is 29.8 Å². The Bertz CT molecular complexity index is 530. The molecule has 0 bridgehead atoms. The molecule has 0 spiro atoms. The lowest BCUT2D eigenvalue weighted by molar-refractivity contribution is -0.136. The Kier molecular flexibility index (Phi) is 4.83. The van der Waals surface area contributed by atoms with Gasteiger partial charge in [-0.3, -0.25) is 4.79 Å². The van der Waals surface area contributed by atoms with Crippen LogP contribution in [0.3, 0.4) is 0 Å². The van der Waals surface area contributed by atoms with Crippen LogP contribution < -0.4 is 10.6 Å². The molecule has 1 aliphatic rings. The Morgan fingerprint density at radius 2 is 2.05 bits per heavy atom. The number of hydrogen-bond donors (Lipinski definition) is 3. The van der Waals surface area contributed by atoms with Crippen molar-refractivity contribution in [2.24, 2.45) is 11.8 Å². The van der Waals surface area contributed by atoms with Crippen molar-refractivity contribution in [2.75, 3.05) is 5.32 Å². The van der Waals surface area contributed by atoms with E-state index in [1.165, 1.54) is 0 Å². The number of carboxylic acids is 1. The van der Waals surface area contributed by atoms with Crippen LogP contribution in [0.2, 0.25) is 0 Å². The number of carboxylic acid groups (broad SMARTS) is 1. The van der Waals surface area contributed by atoms with Crippen LogP contribution in [-0.2, 0) is 11.2 Å². The van der Waals surface area contributed by atoms with Crippen molar-refractivity contribution in [3.63, 3.8) is 0 Å². The zero-order chi connectivity index (χ0) is 15.4. The number of anilines is 1. The van der Waals surface area contributed by atoms with Gasteiger partial charge >= 0.3 is 12.0 Å². The Morgan fingerprint density at radius 1 is 1.29 bits per heavy atom. The molecule has 3 N–H and O–H groups in total. The number of amides is 2. The van der Waals surface area contributed by atoms with Crippen LogP contribution in [0.25, 0.3) is 0 Å². The van der Waals surface area contributed by atoms with E-state index in [4.69, 9.17) is 5.11 Å². The number of hydrogen-bond acceptors (Lipinski definition) is 2. The predicted octanol–water partition coefficient (Wildman–Crippen LogP) is 2.87. The van der Waals surface area contributed by atoms with Gasteiger partial charge in [-0.15, -0.1) is 0 Å². The third kappa shape index (κ3) is 4.21. The molecule has 0 radical (unpaired) electrons. The van der Waals surface area contributed by atoms with Gasteiger partial charge in [0.15, 0.2) is 0 Å². The maximum absolute atomic E-state index is 12.0. The number of carbonyl (C=O) groups excluding carboxylic acids is 1. The van der Waals surface area contributed by atoms with E-state index in [2.05, 4.69) is 24.5 Å². The number of benzene rings is 1. The van der Waals surface area contributed by atoms with Crippen molar-refractivity contribution in [3.8, 4) is 0 Å². The van der Waals surface area contributed by atoms with Crippen molar-refractivity contribution < 1.29 is 14.7 Å². The highest BCUT2D eigenvalue weighted by Gasteiger charge is 2.30. The molecule has 0 aromatic heterocycles. The lowest BCUT2D eigenvalue weighted by atomic mass is 9.98. The molecule has 5 heteroatoms. The normalized spacial score (nSPS) is 24.6. The molecule has 1 saturated carbocycles. The second-order valence-corrected chi connectivity index (χ2v) is 5.89. The Balaban J connectivity index is 1.92. The monoisotopic (exact) mass is 290 g/mol. The average molecular weight is 290 g/mol. The van der Waals surface area contributed by atoms with Gasteiger partial charge < -0.3 is 15.7 Å². The fraction of sp³-hybridized carbons (Fsp3) is 0.500. The number of urea groups is 1. The number of aliphatic carboxylic acids is 1. The molecule has 1 aromatic rings. The molecule has 1 aliphatic carbocycles. The van der Waals surface area contributed by atoms with E-state index in [1.54, 1.807) is 24.3 Å². The highest BCUT2D eigenvalue weighted by molar-refractivity contribution is 5.89. The van der Waals surface area contributed by atoms with Crippen LogP contribution in [0, 0.1) is 11.8 Å². The van der Waals surface area contributed by atoms with Gasteiger partial charge in [-0.05, 0) is 42.4 Å². The SMILES string of the molecule is CC1CCC(NC(=O)Nc2cccc(CC(=O)O)c2)C1C. The number of carbonyl (C=O) groups is 2. The maximum atomic E-state index is 12.0. The molecule has 1 aromatic carbocycles. The molecule has 0 aliphatic heterocycles.